The molecular weight excluding hydrogens is 644 g/mol. The van der Waals surface area contributed by atoms with Crippen LogP contribution >= 0.6 is 31.9 Å². The molecule has 14 heteroatoms. The Morgan fingerprint density at radius 2 is 1.11 bits per heavy atom. The van der Waals surface area contributed by atoms with Crippen molar-refractivity contribution in [3.63, 3.8) is 0 Å². The van der Waals surface area contributed by atoms with Crippen molar-refractivity contribution in [3.8, 4) is 0 Å². The third kappa shape index (κ3) is 12.4. The fraction of sp³-hybridized carbons (Fsp3) is 0.364. The Balaban J connectivity index is 0.000000369. The summed E-state index contributed by atoms with van der Waals surface area (Å²) in [6.45, 7) is -0.301. The molecule has 0 radical (unpaired) electrons. The van der Waals surface area contributed by atoms with E-state index in [9.17, 15) is 26.4 Å². The predicted molar refractivity (Wildman–Crippen MR) is 142 cm³/mol. The van der Waals surface area contributed by atoms with Gasteiger partial charge in [0.2, 0.25) is 20.0 Å². The molecule has 0 saturated carbocycles. The summed E-state index contributed by atoms with van der Waals surface area (Å²) in [5.74, 6) is -2.04. The first-order chi connectivity index (χ1) is 16.9. The summed E-state index contributed by atoms with van der Waals surface area (Å²) in [6, 6.07) is 12.8. The molecule has 36 heavy (non-hydrogen) atoms. The largest absolute Gasteiger partial charge is 0.481 e. The van der Waals surface area contributed by atoms with Crippen molar-refractivity contribution in [1.82, 2.24) is 9.44 Å². The molecule has 0 saturated heterocycles. The van der Waals surface area contributed by atoms with E-state index < -0.39 is 38.5 Å². The zero-order valence-electron chi connectivity index (χ0n) is 19.2. The van der Waals surface area contributed by atoms with Crippen molar-refractivity contribution in [3.05, 3.63) is 59.7 Å². The van der Waals surface area contributed by atoms with E-state index in [-0.39, 0.29) is 16.2 Å². The lowest BCUT2D eigenvalue weighted by atomic mass is 10.2. The summed E-state index contributed by atoms with van der Waals surface area (Å²) in [4.78, 5) is 20.9. The van der Waals surface area contributed by atoms with E-state index in [0.717, 1.165) is 11.1 Å². The van der Waals surface area contributed by atoms with Crippen LogP contribution in [0.4, 0.5) is 0 Å². The summed E-state index contributed by atoms with van der Waals surface area (Å²) in [5, 5.41) is 18.2. The molecule has 0 heterocycles. The van der Waals surface area contributed by atoms with Gasteiger partial charge in [0, 0.05) is 23.6 Å². The van der Waals surface area contributed by atoms with Gasteiger partial charge in [-0.3, -0.25) is 9.59 Å². The minimum atomic E-state index is -3.73. The van der Waals surface area contributed by atoms with Crippen molar-refractivity contribution in [1.29, 1.82) is 0 Å². The maximum atomic E-state index is 12.0. The van der Waals surface area contributed by atoms with Gasteiger partial charge in [0.15, 0.2) is 0 Å². The van der Waals surface area contributed by atoms with Crippen molar-refractivity contribution in [2.45, 2.75) is 46.1 Å². The number of halogens is 2. The van der Waals surface area contributed by atoms with Crippen molar-refractivity contribution < 1.29 is 36.6 Å². The summed E-state index contributed by atoms with van der Waals surface area (Å²) >= 11 is 6.54. The number of hydrogen-bond acceptors (Lipinski definition) is 6. The molecule has 0 unspecified atom stereocenters. The Hall–Kier alpha value is -1.84. The Labute approximate surface area is 227 Å². The maximum Gasteiger partial charge on any atom is 0.318 e. The molecule has 10 nitrogen and oxygen atoms in total. The monoisotopic (exact) mass is 670 g/mol. The van der Waals surface area contributed by atoms with Gasteiger partial charge in [-0.1, -0.05) is 62.5 Å². The second-order valence-corrected chi connectivity index (χ2v) is 12.0. The van der Waals surface area contributed by atoms with Gasteiger partial charge >= 0.3 is 11.9 Å². The van der Waals surface area contributed by atoms with Crippen LogP contribution in [0.15, 0.2) is 58.3 Å². The molecule has 0 amide bonds. The second kappa shape index (κ2) is 16.1. The average molecular weight is 672 g/mol. The van der Waals surface area contributed by atoms with Crippen LogP contribution in [0.3, 0.4) is 0 Å². The van der Waals surface area contributed by atoms with Crippen molar-refractivity contribution >= 4 is 63.8 Å². The number of aliphatic carboxylic acids is 2. The Morgan fingerprint density at radius 3 is 1.50 bits per heavy atom. The molecule has 0 aliphatic heterocycles. The highest BCUT2D eigenvalue weighted by Crippen LogP contribution is 2.13. The molecule has 2 rings (SSSR count). The van der Waals surface area contributed by atoms with Gasteiger partial charge in [-0.05, 0) is 48.2 Å². The molecule has 2 aromatic carbocycles. The molecule has 4 N–H and O–H groups in total. The molecule has 0 fully saturated rings. The van der Waals surface area contributed by atoms with E-state index >= 15 is 0 Å². The van der Waals surface area contributed by atoms with Gasteiger partial charge in [0.1, 0.15) is 6.54 Å². The molecule has 0 aliphatic carbocycles. The van der Waals surface area contributed by atoms with Crippen LogP contribution in [0.5, 0.6) is 0 Å². The van der Waals surface area contributed by atoms with Crippen LogP contribution < -0.4 is 9.44 Å². The van der Waals surface area contributed by atoms with Gasteiger partial charge in [-0.15, -0.1) is 0 Å². The SMILES string of the molecule is O=C(O)CCCCCNS(=O)(=O)c1ccc(CBr)cc1.O=C(O)CNS(=O)(=O)c1ccc(CBr)cc1. The van der Waals surface area contributed by atoms with Gasteiger partial charge < -0.3 is 10.2 Å². The number of sulfonamides is 2. The molecule has 2 aromatic rings. The molecule has 0 aliphatic rings. The van der Waals surface area contributed by atoms with Crippen LogP contribution in [-0.4, -0.2) is 52.1 Å². The molecule has 0 spiro atoms. The van der Waals surface area contributed by atoms with E-state index in [4.69, 9.17) is 10.2 Å². The highest BCUT2D eigenvalue weighted by molar-refractivity contribution is 9.08. The van der Waals surface area contributed by atoms with E-state index in [2.05, 4.69) is 36.6 Å². The Kier molecular flexibility index (Phi) is 14.4. The summed E-state index contributed by atoms with van der Waals surface area (Å²) in [7, 11) is -7.20. The first-order valence-corrected chi connectivity index (χ1v) is 15.8. The van der Waals surface area contributed by atoms with Gasteiger partial charge in [-0.25, -0.2) is 21.6 Å². The summed E-state index contributed by atoms with van der Waals surface area (Å²) < 4.78 is 51.5. The van der Waals surface area contributed by atoms with Crippen LogP contribution in [0.1, 0.15) is 36.8 Å². The first kappa shape index (κ1) is 32.2. The molecule has 0 bridgehead atoms. The topological polar surface area (TPSA) is 167 Å². The number of benzene rings is 2. The zero-order valence-corrected chi connectivity index (χ0v) is 24.0. The standard InChI is InChI=1S/C13H18BrNO4S.C9H10BrNO4S/c14-10-11-5-7-12(8-6-11)20(18,19)15-9-3-1-2-4-13(16)17;10-5-7-1-3-8(4-2-7)16(14,15)11-6-9(12)13/h5-8,15H,1-4,9-10H2,(H,16,17);1-4,11H,5-6H2,(H,12,13). The van der Waals surface area contributed by atoms with Crippen LogP contribution in [0.2, 0.25) is 0 Å². The molecule has 200 valence electrons. The molecule has 0 aromatic heterocycles. The summed E-state index contributed by atoms with van der Waals surface area (Å²) in [5.41, 5.74) is 1.95. The first-order valence-electron chi connectivity index (χ1n) is 10.6. The highest BCUT2D eigenvalue weighted by atomic mass is 79.9. The third-order valence-electron chi connectivity index (χ3n) is 4.55. The Bertz CT molecular complexity index is 1190. The smallest absolute Gasteiger partial charge is 0.318 e. The predicted octanol–water partition coefficient (Wildman–Crippen LogP) is 3.45. The van der Waals surface area contributed by atoms with Gasteiger partial charge in [0.05, 0.1) is 9.79 Å². The van der Waals surface area contributed by atoms with Crippen molar-refractivity contribution in [2.24, 2.45) is 0 Å². The average Bonchev–Trinajstić information content (AvgIpc) is 2.85. The third-order valence-corrected chi connectivity index (χ3v) is 8.74. The lowest BCUT2D eigenvalue weighted by Gasteiger charge is -2.07. The van der Waals surface area contributed by atoms with E-state index in [1.54, 1.807) is 36.4 Å². The minimum absolute atomic E-state index is 0.0541. The lowest BCUT2D eigenvalue weighted by Crippen LogP contribution is -2.29. The van der Waals surface area contributed by atoms with Gasteiger partial charge in [-0.2, -0.15) is 4.72 Å². The number of nitrogens with one attached hydrogen (secondary N) is 2. The normalized spacial score (nSPS) is 11.4. The molecule has 0 atom stereocenters. The Morgan fingerprint density at radius 1 is 0.667 bits per heavy atom. The fourth-order valence-corrected chi connectivity index (χ4v) is 5.42. The number of alkyl halides is 2. The van der Waals surface area contributed by atoms with Crippen LogP contribution in [-0.2, 0) is 40.3 Å². The zero-order chi connectivity index (χ0) is 27.2. The number of unbranched alkanes of at least 4 members (excludes halogenated alkanes) is 2. The fourth-order valence-electron chi connectivity index (χ4n) is 2.62. The van der Waals surface area contributed by atoms with E-state index in [0.29, 0.717) is 36.5 Å². The highest BCUT2D eigenvalue weighted by Gasteiger charge is 2.15. The number of carboxylic acids is 2. The number of carboxylic acid groups (broad SMARTS) is 2. The van der Waals surface area contributed by atoms with Crippen LogP contribution in [0.25, 0.3) is 0 Å². The number of hydrogen-bond donors (Lipinski definition) is 4. The maximum absolute atomic E-state index is 12.0. The van der Waals surface area contributed by atoms with E-state index in [1.165, 1.54) is 12.1 Å². The van der Waals surface area contributed by atoms with E-state index in [1.807, 2.05) is 4.72 Å². The summed E-state index contributed by atoms with van der Waals surface area (Å²) in [6.07, 6.45) is 2.01. The van der Waals surface area contributed by atoms with Crippen LogP contribution in [0, 0.1) is 0 Å². The quantitative estimate of drug-likeness (QED) is 0.175. The molecular formula is C22H28Br2N2O8S2. The van der Waals surface area contributed by atoms with Gasteiger partial charge in [0.25, 0.3) is 0 Å². The lowest BCUT2D eigenvalue weighted by molar-refractivity contribution is -0.137. The number of rotatable bonds is 14. The number of carbonyl (C=O) groups is 2. The minimum Gasteiger partial charge on any atom is -0.481 e. The second-order valence-electron chi connectivity index (χ2n) is 7.38. The van der Waals surface area contributed by atoms with Crippen molar-refractivity contribution in [2.75, 3.05) is 13.1 Å².